The minimum absolute atomic E-state index is 0.0151. The van der Waals surface area contributed by atoms with E-state index >= 15 is 0 Å². The van der Waals surface area contributed by atoms with Crippen molar-refractivity contribution in [2.75, 3.05) is 6.54 Å². The van der Waals surface area contributed by atoms with Gasteiger partial charge in [-0.05, 0) is 17.9 Å². The zero-order chi connectivity index (χ0) is 19.1. The highest BCUT2D eigenvalue weighted by atomic mass is 32.2. The van der Waals surface area contributed by atoms with E-state index in [2.05, 4.69) is 10.6 Å². The molecule has 0 radical (unpaired) electrons. The van der Waals surface area contributed by atoms with Gasteiger partial charge in [-0.1, -0.05) is 55.9 Å². The minimum atomic E-state index is -0.663. The van der Waals surface area contributed by atoms with Crippen molar-refractivity contribution >= 4 is 34.5 Å². The van der Waals surface area contributed by atoms with Crippen molar-refractivity contribution in [3.05, 3.63) is 35.9 Å². The first-order valence-electron chi connectivity index (χ1n) is 8.70. The number of hydrogen-bond acceptors (Lipinski definition) is 5. The van der Waals surface area contributed by atoms with E-state index in [0.717, 1.165) is 17.3 Å². The van der Waals surface area contributed by atoms with Gasteiger partial charge in [0, 0.05) is 24.6 Å². The fourth-order valence-electron chi connectivity index (χ4n) is 2.84. The van der Waals surface area contributed by atoms with E-state index in [4.69, 9.17) is 0 Å². The summed E-state index contributed by atoms with van der Waals surface area (Å²) in [7, 11) is 0. The van der Waals surface area contributed by atoms with Gasteiger partial charge in [-0.15, -0.1) is 0 Å². The van der Waals surface area contributed by atoms with Crippen LogP contribution in [0.15, 0.2) is 30.3 Å². The van der Waals surface area contributed by atoms with Crippen LogP contribution in [0.2, 0.25) is 0 Å². The van der Waals surface area contributed by atoms with Gasteiger partial charge in [0.25, 0.3) is 11.1 Å². The molecule has 0 aromatic heterocycles. The van der Waals surface area contributed by atoms with Crippen LogP contribution in [0.25, 0.3) is 0 Å². The highest BCUT2D eigenvalue weighted by Gasteiger charge is 2.34. The Hall–Kier alpha value is -2.15. The third-order valence-corrected chi connectivity index (χ3v) is 5.18. The third kappa shape index (κ3) is 5.69. The molecule has 2 atom stereocenters. The Bertz CT molecular complexity index is 675. The molecule has 2 rings (SSSR count). The first kappa shape index (κ1) is 20.2. The van der Waals surface area contributed by atoms with Crippen molar-refractivity contribution in [2.24, 2.45) is 11.8 Å². The number of benzene rings is 1. The quantitative estimate of drug-likeness (QED) is 0.713. The summed E-state index contributed by atoms with van der Waals surface area (Å²) in [6.45, 7) is 4.09. The second kappa shape index (κ2) is 9.52. The van der Waals surface area contributed by atoms with Crippen molar-refractivity contribution in [3.63, 3.8) is 0 Å². The van der Waals surface area contributed by atoms with Gasteiger partial charge in [0.1, 0.15) is 0 Å². The summed E-state index contributed by atoms with van der Waals surface area (Å²) < 4.78 is 0. The average molecular weight is 376 g/mol. The predicted octanol–water partition coefficient (Wildman–Crippen LogP) is 2.32. The van der Waals surface area contributed by atoms with E-state index in [1.54, 1.807) is 0 Å². The summed E-state index contributed by atoms with van der Waals surface area (Å²) in [5.41, 5.74) is 1.03. The normalized spacial score (nSPS) is 18.3. The topological polar surface area (TPSA) is 92.3 Å². The van der Waals surface area contributed by atoms with Gasteiger partial charge in [0.15, 0.2) is 5.78 Å². The standard InChI is InChI=1S/C19H24N2O4S/c1-12(2)16(15(22)10-14-8-9-20-18(24)17(14)23)21-19(25)26-11-13-6-4-3-5-7-13/h3-7,12,14,16H,8-11H2,1-2H3,(H,20,24)(H,21,25). The molecule has 1 aromatic rings. The van der Waals surface area contributed by atoms with Crippen LogP contribution in [-0.2, 0) is 20.1 Å². The molecule has 2 N–H and O–H groups in total. The molecule has 0 bridgehead atoms. The second-order valence-corrected chi connectivity index (χ2v) is 7.65. The molecule has 140 valence electrons. The van der Waals surface area contributed by atoms with Crippen LogP contribution >= 0.6 is 11.8 Å². The maximum Gasteiger partial charge on any atom is 0.287 e. The molecule has 1 heterocycles. The van der Waals surface area contributed by atoms with Crippen LogP contribution in [0.5, 0.6) is 0 Å². The van der Waals surface area contributed by atoms with E-state index < -0.39 is 23.7 Å². The Kier molecular flexibility index (Phi) is 7.38. The van der Waals surface area contributed by atoms with Gasteiger partial charge in [-0.2, -0.15) is 0 Å². The number of thioether (sulfide) groups is 1. The van der Waals surface area contributed by atoms with Crippen LogP contribution in [0.3, 0.4) is 0 Å². The third-order valence-electron chi connectivity index (χ3n) is 4.32. The molecule has 1 saturated heterocycles. The Morgan fingerprint density at radius 1 is 1.23 bits per heavy atom. The molecule has 1 aromatic carbocycles. The van der Waals surface area contributed by atoms with E-state index in [1.165, 1.54) is 0 Å². The van der Waals surface area contributed by atoms with Crippen LogP contribution < -0.4 is 10.6 Å². The van der Waals surface area contributed by atoms with Crippen LogP contribution in [0, 0.1) is 11.8 Å². The van der Waals surface area contributed by atoms with Gasteiger partial charge < -0.3 is 10.6 Å². The molecular weight excluding hydrogens is 352 g/mol. The molecular formula is C19H24N2O4S. The summed E-state index contributed by atoms with van der Waals surface area (Å²) >= 11 is 1.11. The molecule has 0 saturated carbocycles. The Morgan fingerprint density at radius 3 is 2.58 bits per heavy atom. The number of piperidine rings is 1. The number of Topliss-reactive ketones (excluding diaryl/α,β-unsaturated/α-hetero) is 2. The lowest BCUT2D eigenvalue weighted by Gasteiger charge is -2.25. The molecule has 0 aliphatic carbocycles. The van der Waals surface area contributed by atoms with Crippen LogP contribution in [-0.4, -0.2) is 35.3 Å². The molecule has 26 heavy (non-hydrogen) atoms. The van der Waals surface area contributed by atoms with Crippen LogP contribution in [0.4, 0.5) is 4.79 Å². The molecule has 7 heteroatoms. The number of nitrogens with one attached hydrogen (secondary N) is 2. The van der Waals surface area contributed by atoms with Crippen molar-refractivity contribution in [3.8, 4) is 0 Å². The highest BCUT2D eigenvalue weighted by molar-refractivity contribution is 8.12. The van der Waals surface area contributed by atoms with Crippen LogP contribution in [0.1, 0.15) is 32.3 Å². The first-order valence-corrected chi connectivity index (χ1v) is 9.69. The number of ketones is 2. The molecule has 2 unspecified atom stereocenters. The van der Waals surface area contributed by atoms with Gasteiger partial charge in [0.05, 0.1) is 6.04 Å². The number of hydrogen-bond donors (Lipinski definition) is 2. The maximum absolute atomic E-state index is 12.6. The zero-order valence-corrected chi connectivity index (χ0v) is 15.8. The molecule has 1 fully saturated rings. The SMILES string of the molecule is CC(C)C(NC(=O)SCc1ccccc1)C(=O)CC1CCNC(=O)C1=O. The van der Waals surface area contributed by atoms with Gasteiger partial charge >= 0.3 is 0 Å². The Morgan fingerprint density at radius 2 is 1.92 bits per heavy atom. The van der Waals surface area contributed by atoms with Gasteiger partial charge in [-0.25, -0.2) is 0 Å². The predicted molar refractivity (Wildman–Crippen MR) is 101 cm³/mol. The van der Waals surface area contributed by atoms with Crippen molar-refractivity contribution in [1.29, 1.82) is 0 Å². The second-order valence-electron chi connectivity index (χ2n) is 6.70. The highest BCUT2D eigenvalue weighted by Crippen LogP contribution is 2.19. The largest absolute Gasteiger partial charge is 0.349 e. The lowest BCUT2D eigenvalue weighted by molar-refractivity contribution is -0.143. The number of carbonyl (C=O) groups is 4. The van der Waals surface area contributed by atoms with E-state index in [1.807, 2.05) is 44.2 Å². The Balaban J connectivity index is 1.90. The number of rotatable bonds is 7. The molecule has 2 amide bonds. The summed E-state index contributed by atoms with van der Waals surface area (Å²) in [4.78, 5) is 48.1. The molecule has 0 spiro atoms. The van der Waals surface area contributed by atoms with Crippen molar-refractivity contribution in [2.45, 2.75) is 38.5 Å². The summed E-state index contributed by atoms with van der Waals surface area (Å²) in [6.07, 6.45) is 0.441. The van der Waals surface area contributed by atoms with Gasteiger partial charge in [0.2, 0.25) is 5.78 Å². The fraction of sp³-hybridized carbons (Fsp3) is 0.474. The molecule has 6 nitrogen and oxygen atoms in total. The fourth-order valence-corrected chi connectivity index (χ4v) is 3.54. The van der Waals surface area contributed by atoms with E-state index in [9.17, 15) is 19.2 Å². The van der Waals surface area contributed by atoms with Crippen molar-refractivity contribution in [1.82, 2.24) is 10.6 Å². The summed E-state index contributed by atoms with van der Waals surface area (Å²) in [6, 6.07) is 8.94. The van der Waals surface area contributed by atoms with Crippen molar-refractivity contribution < 1.29 is 19.2 Å². The number of carbonyl (C=O) groups excluding carboxylic acids is 4. The summed E-state index contributed by atoms with van der Waals surface area (Å²) in [5.74, 6) is -1.55. The average Bonchev–Trinajstić information content (AvgIpc) is 2.62. The lowest BCUT2D eigenvalue weighted by Crippen LogP contribution is -2.47. The summed E-state index contributed by atoms with van der Waals surface area (Å²) in [5, 5.41) is 4.97. The molecule has 1 aliphatic rings. The maximum atomic E-state index is 12.6. The smallest absolute Gasteiger partial charge is 0.287 e. The molecule has 1 aliphatic heterocycles. The minimum Gasteiger partial charge on any atom is -0.349 e. The first-order chi connectivity index (χ1) is 12.4. The Labute approximate surface area is 157 Å². The van der Waals surface area contributed by atoms with E-state index in [-0.39, 0.29) is 23.4 Å². The lowest BCUT2D eigenvalue weighted by atomic mass is 9.87. The van der Waals surface area contributed by atoms with Gasteiger partial charge in [-0.3, -0.25) is 19.2 Å². The van der Waals surface area contributed by atoms with E-state index in [0.29, 0.717) is 18.7 Å². The number of amides is 2. The zero-order valence-electron chi connectivity index (χ0n) is 15.0. The monoisotopic (exact) mass is 376 g/mol.